The second-order valence-electron chi connectivity index (χ2n) is 7.00. The average Bonchev–Trinajstić information content (AvgIpc) is 2.76. The normalized spacial score (nSPS) is 10.8. The quantitative estimate of drug-likeness (QED) is 0.157. The van der Waals surface area contributed by atoms with E-state index in [0.29, 0.717) is 38.1 Å². The van der Waals surface area contributed by atoms with Crippen LogP contribution in [-0.4, -0.2) is 25.5 Å². The Hall–Kier alpha value is -2.99. The van der Waals surface area contributed by atoms with Crippen molar-refractivity contribution >= 4 is 45.5 Å². The smallest absolute Gasteiger partial charge is 0.434 e. The minimum absolute atomic E-state index is 0.275. The average molecular weight is 445 g/mol. The van der Waals surface area contributed by atoms with E-state index in [1.165, 1.54) is 0 Å². The molecule has 164 valence electrons. The first-order chi connectivity index (χ1) is 15.0. The number of benzene rings is 3. The van der Waals surface area contributed by atoms with Gasteiger partial charge in [0.25, 0.3) is 0 Å². The fourth-order valence-electron chi connectivity index (χ4n) is 3.12. The van der Waals surface area contributed by atoms with Crippen LogP contribution in [0.3, 0.4) is 0 Å². The third-order valence-corrected chi connectivity index (χ3v) is 4.93. The summed E-state index contributed by atoms with van der Waals surface area (Å²) in [6.45, 7) is 4.56. The van der Waals surface area contributed by atoms with E-state index in [2.05, 4.69) is 0 Å². The molecule has 0 heterocycles. The maximum Gasteiger partial charge on any atom is 0.513 e. The van der Waals surface area contributed by atoms with E-state index in [0.717, 1.165) is 25.7 Å². The van der Waals surface area contributed by atoms with Crippen LogP contribution in [0, 0.1) is 0 Å². The Balaban J connectivity index is 2.07. The van der Waals surface area contributed by atoms with E-state index in [-0.39, 0.29) is 13.2 Å². The predicted octanol–water partition coefficient (Wildman–Crippen LogP) is 7.28. The van der Waals surface area contributed by atoms with Gasteiger partial charge >= 0.3 is 12.3 Å². The fraction of sp³-hybridized carbons (Fsp3) is 0.333. The molecule has 0 aliphatic heterocycles. The molecule has 0 aliphatic rings. The van der Waals surface area contributed by atoms with Gasteiger partial charge < -0.3 is 18.9 Å². The van der Waals surface area contributed by atoms with Crippen molar-refractivity contribution in [1.82, 2.24) is 0 Å². The summed E-state index contributed by atoms with van der Waals surface area (Å²) in [7, 11) is 0. The van der Waals surface area contributed by atoms with Crippen molar-refractivity contribution in [3.63, 3.8) is 0 Å². The molecule has 3 aromatic carbocycles. The molecular weight excluding hydrogens is 420 g/mol. The molecule has 0 spiro atoms. The van der Waals surface area contributed by atoms with Crippen LogP contribution >= 0.6 is 11.6 Å². The molecule has 0 amide bonds. The summed E-state index contributed by atoms with van der Waals surface area (Å²) in [4.78, 5) is 24.6. The van der Waals surface area contributed by atoms with E-state index in [1.54, 1.807) is 36.4 Å². The molecule has 0 aromatic heterocycles. The zero-order valence-corrected chi connectivity index (χ0v) is 18.4. The number of carbonyl (C=O) groups is 2. The number of halogens is 1. The SMILES string of the molecule is CCCCOC(=O)Oc1c2ccccc2c(OC(=O)OCCCC)c2cc(Cl)ccc12. The second kappa shape index (κ2) is 10.9. The highest BCUT2D eigenvalue weighted by Crippen LogP contribution is 2.43. The van der Waals surface area contributed by atoms with Crippen molar-refractivity contribution in [2.24, 2.45) is 0 Å². The van der Waals surface area contributed by atoms with Crippen molar-refractivity contribution in [2.75, 3.05) is 13.2 Å². The molecule has 0 N–H and O–H groups in total. The highest BCUT2D eigenvalue weighted by molar-refractivity contribution is 6.31. The topological polar surface area (TPSA) is 71.1 Å². The number of rotatable bonds is 8. The van der Waals surface area contributed by atoms with Crippen molar-refractivity contribution in [1.29, 1.82) is 0 Å². The Kier molecular flexibility index (Phi) is 7.95. The Morgan fingerprint density at radius 3 is 1.74 bits per heavy atom. The van der Waals surface area contributed by atoms with E-state index in [1.807, 2.05) is 19.9 Å². The molecule has 0 saturated heterocycles. The van der Waals surface area contributed by atoms with Gasteiger partial charge in [-0.05, 0) is 31.0 Å². The van der Waals surface area contributed by atoms with E-state index in [9.17, 15) is 9.59 Å². The molecule has 6 nitrogen and oxygen atoms in total. The highest BCUT2D eigenvalue weighted by atomic mass is 35.5. The Bertz CT molecular complexity index is 1080. The lowest BCUT2D eigenvalue weighted by molar-refractivity contribution is 0.0970. The number of hydrogen-bond donors (Lipinski definition) is 0. The molecule has 0 bridgehead atoms. The molecule has 0 unspecified atom stereocenters. The number of unbranched alkanes of at least 4 members (excludes halogenated alkanes) is 2. The Labute approximate surface area is 186 Å². The van der Waals surface area contributed by atoms with E-state index < -0.39 is 12.3 Å². The molecule has 31 heavy (non-hydrogen) atoms. The van der Waals surface area contributed by atoms with Crippen molar-refractivity contribution in [3.05, 3.63) is 47.5 Å². The van der Waals surface area contributed by atoms with Gasteiger partial charge in [0.15, 0.2) is 5.75 Å². The van der Waals surface area contributed by atoms with Gasteiger partial charge in [0.05, 0.1) is 13.2 Å². The number of carbonyl (C=O) groups excluding carboxylic acids is 2. The van der Waals surface area contributed by atoms with Crippen LogP contribution in [0.5, 0.6) is 11.5 Å². The van der Waals surface area contributed by atoms with Crippen LogP contribution in [0.25, 0.3) is 21.5 Å². The first kappa shape index (κ1) is 22.7. The second-order valence-corrected chi connectivity index (χ2v) is 7.44. The van der Waals surface area contributed by atoms with E-state index >= 15 is 0 Å². The van der Waals surface area contributed by atoms with Crippen LogP contribution in [-0.2, 0) is 9.47 Å². The summed E-state index contributed by atoms with van der Waals surface area (Å²) in [5, 5.41) is 2.72. The molecule has 0 aliphatic carbocycles. The lowest BCUT2D eigenvalue weighted by atomic mass is 10.0. The lowest BCUT2D eigenvalue weighted by Gasteiger charge is -2.16. The molecule has 0 radical (unpaired) electrons. The van der Waals surface area contributed by atoms with Crippen LogP contribution in [0.15, 0.2) is 42.5 Å². The maximum absolute atomic E-state index is 12.3. The maximum atomic E-state index is 12.3. The minimum Gasteiger partial charge on any atom is -0.434 e. The lowest BCUT2D eigenvalue weighted by Crippen LogP contribution is -2.13. The molecule has 3 aromatic rings. The number of ether oxygens (including phenoxy) is 4. The molecular formula is C24H25ClO6. The molecule has 0 saturated carbocycles. The zero-order chi connectivity index (χ0) is 22.2. The molecule has 3 rings (SSSR count). The van der Waals surface area contributed by atoms with Gasteiger partial charge in [-0.3, -0.25) is 0 Å². The van der Waals surface area contributed by atoms with Crippen LogP contribution in [0.1, 0.15) is 39.5 Å². The first-order valence-corrected chi connectivity index (χ1v) is 10.8. The number of fused-ring (bicyclic) bond motifs is 2. The van der Waals surface area contributed by atoms with Gasteiger partial charge in [-0.1, -0.05) is 62.6 Å². The van der Waals surface area contributed by atoms with Gasteiger partial charge in [-0.25, -0.2) is 9.59 Å². The molecule has 7 heteroatoms. The Morgan fingerprint density at radius 2 is 1.23 bits per heavy atom. The van der Waals surface area contributed by atoms with Gasteiger partial charge in [0.1, 0.15) is 5.75 Å². The summed E-state index contributed by atoms with van der Waals surface area (Å²) in [5.74, 6) is 0.608. The van der Waals surface area contributed by atoms with Crippen molar-refractivity contribution in [3.8, 4) is 11.5 Å². The van der Waals surface area contributed by atoms with E-state index in [4.69, 9.17) is 30.5 Å². The van der Waals surface area contributed by atoms with Crippen LogP contribution in [0.2, 0.25) is 5.02 Å². The largest absolute Gasteiger partial charge is 0.513 e. The summed E-state index contributed by atoms with van der Waals surface area (Å²) in [6.07, 6.45) is 1.71. The third-order valence-electron chi connectivity index (χ3n) is 4.69. The van der Waals surface area contributed by atoms with Gasteiger partial charge in [0.2, 0.25) is 0 Å². The van der Waals surface area contributed by atoms with Gasteiger partial charge in [-0.15, -0.1) is 0 Å². The van der Waals surface area contributed by atoms with Crippen LogP contribution in [0.4, 0.5) is 9.59 Å². The minimum atomic E-state index is -0.799. The fourth-order valence-corrected chi connectivity index (χ4v) is 3.29. The Morgan fingerprint density at radius 1 is 0.742 bits per heavy atom. The summed E-state index contributed by atoms with van der Waals surface area (Å²) < 4.78 is 21.5. The predicted molar refractivity (Wildman–Crippen MR) is 120 cm³/mol. The molecule has 0 atom stereocenters. The summed E-state index contributed by atoms with van der Waals surface area (Å²) in [5.41, 5.74) is 0. The van der Waals surface area contributed by atoms with Crippen molar-refractivity contribution < 1.29 is 28.5 Å². The van der Waals surface area contributed by atoms with Gasteiger partial charge in [-0.2, -0.15) is 0 Å². The summed E-state index contributed by atoms with van der Waals surface area (Å²) >= 11 is 6.22. The van der Waals surface area contributed by atoms with Crippen molar-refractivity contribution in [2.45, 2.75) is 39.5 Å². The number of hydrogen-bond acceptors (Lipinski definition) is 6. The monoisotopic (exact) mass is 444 g/mol. The standard InChI is InChI=1S/C24H25ClO6/c1-3-5-13-28-23(26)30-21-17-9-7-8-10-18(17)22(31-24(27)29-14-6-4-2)20-15-16(25)11-12-19(20)21/h7-12,15H,3-6,13-14H2,1-2H3. The highest BCUT2D eigenvalue weighted by Gasteiger charge is 2.21. The zero-order valence-electron chi connectivity index (χ0n) is 17.6. The summed E-state index contributed by atoms with van der Waals surface area (Å²) in [6, 6.07) is 12.2. The third kappa shape index (κ3) is 5.58. The van der Waals surface area contributed by atoms with Gasteiger partial charge in [0, 0.05) is 26.6 Å². The first-order valence-electron chi connectivity index (χ1n) is 10.4. The van der Waals surface area contributed by atoms with Crippen LogP contribution < -0.4 is 9.47 Å². The molecule has 0 fully saturated rings.